The fourth-order valence-electron chi connectivity index (χ4n) is 4.00. The average Bonchev–Trinajstić information content (AvgIpc) is 3.42. The maximum Gasteiger partial charge on any atom is 0.272 e. The number of aromatic amines is 2. The topological polar surface area (TPSA) is 112 Å². The maximum absolute atomic E-state index is 12.9. The first-order valence-electron chi connectivity index (χ1n) is 9.93. The van der Waals surface area contributed by atoms with Crippen LogP contribution in [0.25, 0.3) is 16.9 Å². The molecule has 0 atom stereocenters. The monoisotopic (exact) mass is 403 g/mol. The Morgan fingerprint density at radius 3 is 2.67 bits per heavy atom. The van der Waals surface area contributed by atoms with Gasteiger partial charge in [0.05, 0.1) is 5.69 Å². The molecule has 0 spiro atoms. The highest BCUT2D eigenvalue weighted by Gasteiger charge is 2.27. The average molecular weight is 403 g/mol. The number of rotatable bonds is 3. The minimum absolute atomic E-state index is 0.0496. The fraction of sp³-hybridized carbons (Fsp3) is 0.286. The summed E-state index contributed by atoms with van der Waals surface area (Å²) in [6, 6.07) is 8.95. The van der Waals surface area contributed by atoms with Crippen LogP contribution in [0.1, 0.15) is 40.6 Å². The lowest BCUT2D eigenvalue weighted by molar-refractivity contribution is 0.0706. The number of fused-ring (bicyclic) bond motifs is 1. The lowest BCUT2D eigenvalue weighted by atomic mass is 9.93. The molecular formula is C21H21N7O2. The Bertz CT molecular complexity index is 1260. The molecule has 0 unspecified atom stereocenters. The second-order valence-electron chi connectivity index (χ2n) is 7.61. The molecule has 1 aliphatic rings. The summed E-state index contributed by atoms with van der Waals surface area (Å²) in [5.41, 5.74) is 4.33. The van der Waals surface area contributed by atoms with E-state index in [0.717, 1.165) is 29.8 Å². The molecule has 9 nitrogen and oxygen atoms in total. The molecule has 1 fully saturated rings. The van der Waals surface area contributed by atoms with Gasteiger partial charge in [-0.25, -0.2) is 9.50 Å². The third kappa shape index (κ3) is 3.28. The fourth-order valence-corrected chi connectivity index (χ4v) is 4.00. The van der Waals surface area contributed by atoms with Crippen molar-refractivity contribution in [2.75, 3.05) is 13.1 Å². The van der Waals surface area contributed by atoms with E-state index in [9.17, 15) is 9.59 Å². The number of H-pyrrole nitrogens is 2. The molecule has 1 saturated heterocycles. The van der Waals surface area contributed by atoms with Gasteiger partial charge in [0.25, 0.3) is 11.5 Å². The highest BCUT2D eigenvalue weighted by molar-refractivity contribution is 5.93. The summed E-state index contributed by atoms with van der Waals surface area (Å²) in [5.74, 6) is 0.205. The summed E-state index contributed by atoms with van der Waals surface area (Å²) in [4.78, 5) is 35.3. The highest BCUT2D eigenvalue weighted by Crippen LogP contribution is 2.28. The van der Waals surface area contributed by atoms with Gasteiger partial charge in [0.2, 0.25) is 0 Å². The van der Waals surface area contributed by atoms with E-state index in [0.29, 0.717) is 30.1 Å². The largest absolute Gasteiger partial charge is 0.337 e. The van der Waals surface area contributed by atoms with Gasteiger partial charge in [-0.2, -0.15) is 5.10 Å². The van der Waals surface area contributed by atoms with Gasteiger partial charge >= 0.3 is 0 Å². The van der Waals surface area contributed by atoms with Crippen LogP contribution >= 0.6 is 0 Å². The molecule has 5 heterocycles. The van der Waals surface area contributed by atoms with Crippen molar-refractivity contribution in [1.82, 2.24) is 34.7 Å². The number of carbonyl (C=O) groups is 1. The molecule has 0 aromatic carbocycles. The van der Waals surface area contributed by atoms with Gasteiger partial charge in [-0.05, 0) is 38.0 Å². The van der Waals surface area contributed by atoms with Crippen LogP contribution in [0.4, 0.5) is 0 Å². The van der Waals surface area contributed by atoms with E-state index < -0.39 is 0 Å². The summed E-state index contributed by atoms with van der Waals surface area (Å²) in [5, 5.41) is 10.3. The maximum atomic E-state index is 12.9. The second-order valence-corrected chi connectivity index (χ2v) is 7.61. The van der Waals surface area contributed by atoms with Crippen LogP contribution in [0.2, 0.25) is 0 Å². The van der Waals surface area contributed by atoms with Crippen molar-refractivity contribution in [2.24, 2.45) is 0 Å². The van der Waals surface area contributed by atoms with Gasteiger partial charge in [-0.3, -0.25) is 24.8 Å². The Balaban J connectivity index is 1.28. The van der Waals surface area contributed by atoms with Gasteiger partial charge in [-0.1, -0.05) is 0 Å². The Morgan fingerprint density at radius 1 is 1.13 bits per heavy atom. The first-order valence-corrected chi connectivity index (χ1v) is 9.93. The zero-order chi connectivity index (χ0) is 20.7. The standard InChI is InChI=1S/C21H21N7O2/c1-13-10-20(29)28-19(23-13)12-17(26-28)15-4-8-27(9-5-15)21(30)18-11-16(24-25-18)14-2-6-22-7-3-14/h2-3,6-7,10-12,15,26H,4-5,8-9H2,1H3,(H,24,25). The number of carbonyl (C=O) groups excluding carboxylic acids is 1. The molecule has 1 aliphatic heterocycles. The van der Waals surface area contributed by atoms with Gasteiger partial charge in [-0.15, -0.1) is 0 Å². The normalized spacial score (nSPS) is 15.0. The summed E-state index contributed by atoms with van der Waals surface area (Å²) < 4.78 is 1.48. The quantitative estimate of drug-likeness (QED) is 0.544. The molecular weight excluding hydrogens is 382 g/mol. The third-order valence-electron chi connectivity index (χ3n) is 5.60. The number of nitrogens with one attached hydrogen (secondary N) is 2. The first-order chi connectivity index (χ1) is 14.6. The predicted octanol–water partition coefficient (Wildman–Crippen LogP) is 2.14. The van der Waals surface area contributed by atoms with Crippen molar-refractivity contribution < 1.29 is 4.79 Å². The summed E-state index contributed by atoms with van der Waals surface area (Å²) in [6.45, 7) is 3.10. The van der Waals surface area contributed by atoms with E-state index in [1.54, 1.807) is 18.5 Å². The Kier molecular flexibility index (Phi) is 4.42. The van der Waals surface area contributed by atoms with Crippen LogP contribution in [-0.2, 0) is 0 Å². The second kappa shape index (κ2) is 7.25. The number of amides is 1. The molecule has 5 rings (SSSR count). The van der Waals surface area contributed by atoms with E-state index in [2.05, 4.69) is 25.3 Å². The van der Waals surface area contributed by atoms with Gasteiger partial charge < -0.3 is 4.90 Å². The molecule has 0 radical (unpaired) electrons. The van der Waals surface area contributed by atoms with Crippen molar-refractivity contribution in [1.29, 1.82) is 0 Å². The summed E-state index contributed by atoms with van der Waals surface area (Å²) >= 11 is 0. The van der Waals surface area contributed by atoms with E-state index in [-0.39, 0.29) is 17.4 Å². The van der Waals surface area contributed by atoms with Crippen LogP contribution in [0, 0.1) is 6.92 Å². The van der Waals surface area contributed by atoms with Crippen molar-refractivity contribution in [3.63, 3.8) is 0 Å². The molecule has 4 aromatic heterocycles. The number of aromatic nitrogens is 6. The van der Waals surface area contributed by atoms with E-state index in [1.165, 1.54) is 10.6 Å². The third-order valence-corrected chi connectivity index (χ3v) is 5.60. The van der Waals surface area contributed by atoms with Crippen LogP contribution in [0.15, 0.2) is 47.5 Å². The number of pyridine rings is 1. The Hall–Kier alpha value is -3.75. The van der Waals surface area contributed by atoms with Crippen LogP contribution in [0.3, 0.4) is 0 Å². The Labute approximate surface area is 171 Å². The molecule has 30 heavy (non-hydrogen) atoms. The van der Waals surface area contributed by atoms with Crippen molar-refractivity contribution in [3.8, 4) is 11.3 Å². The zero-order valence-corrected chi connectivity index (χ0v) is 16.5. The Morgan fingerprint density at radius 2 is 1.90 bits per heavy atom. The van der Waals surface area contributed by atoms with E-state index in [4.69, 9.17) is 0 Å². The zero-order valence-electron chi connectivity index (χ0n) is 16.5. The number of hydrogen-bond donors (Lipinski definition) is 2. The van der Waals surface area contributed by atoms with Crippen LogP contribution in [0.5, 0.6) is 0 Å². The van der Waals surface area contributed by atoms with Gasteiger partial charge in [0.1, 0.15) is 5.69 Å². The van der Waals surface area contributed by atoms with Crippen LogP contribution in [-0.4, -0.2) is 53.7 Å². The lowest BCUT2D eigenvalue weighted by Crippen LogP contribution is -2.38. The van der Waals surface area contributed by atoms with Crippen molar-refractivity contribution >= 4 is 11.6 Å². The molecule has 2 N–H and O–H groups in total. The molecule has 0 bridgehead atoms. The molecule has 1 amide bonds. The first kappa shape index (κ1) is 18.3. The minimum Gasteiger partial charge on any atom is -0.337 e. The minimum atomic E-state index is -0.111. The molecule has 0 aliphatic carbocycles. The van der Waals surface area contributed by atoms with Crippen molar-refractivity contribution in [3.05, 3.63) is 70.2 Å². The van der Waals surface area contributed by atoms with E-state index >= 15 is 0 Å². The lowest BCUT2D eigenvalue weighted by Gasteiger charge is -2.31. The van der Waals surface area contributed by atoms with Gasteiger partial charge in [0, 0.05) is 60.5 Å². The van der Waals surface area contributed by atoms with Gasteiger partial charge in [0.15, 0.2) is 5.65 Å². The number of piperidine rings is 1. The summed E-state index contributed by atoms with van der Waals surface area (Å²) in [7, 11) is 0. The molecule has 9 heteroatoms. The summed E-state index contributed by atoms with van der Waals surface area (Å²) in [6.07, 6.45) is 5.03. The number of hydrogen-bond acceptors (Lipinski definition) is 5. The van der Waals surface area contributed by atoms with E-state index in [1.807, 2.05) is 30.0 Å². The highest BCUT2D eigenvalue weighted by atomic mass is 16.2. The number of nitrogens with zero attached hydrogens (tertiary/aromatic N) is 5. The molecule has 4 aromatic rings. The number of aryl methyl sites for hydroxylation is 1. The number of likely N-dealkylation sites (tertiary alicyclic amines) is 1. The molecule has 152 valence electrons. The van der Waals surface area contributed by atoms with Crippen molar-refractivity contribution in [2.45, 2.75) is 25.7 Å². The molecule has 0 saturated carbocycles. The SMILES string of the molecule is Cc1cc(=O)n2[nH]c(C3CCN(C(=O)c4cc(-c5ccncc5)n[nH]4)CC3)cc2n1. The predicted molar refractivity (Wildman–Crippen MR) is 110 cm³/mol. The smallest absolute Gasteiger partial charge is 0.272 e. The van der Waals surface area contributed by atoms with Crippen LogP contribution < -0.4 is 5.56 Å².